The second-order valence-corrected chi connectivity index (χ2v) is 5.03. The third kappa shape index (κ3) is 3.99. The highest BCUT2D eigenvalue weighted by Gasteiger charge is 2.04. The predicted molar refractivity (Wildman–Crippen MR) is 86.1 cm³/mol. The number of allylic oxidation sites excluding steroid dienone is 2. The molecule has 0 amide bonds. The standard InChI is InChI=1S/C16H10Br2O2/c17-13-5-1-11(2-6-13)15(19)9-10-16(20)12-3-7-14(18)8-4-12/h1-10H/b10-9+/i1D,2D,3D,4D,5D,6D,7D,8D. The van der Waals surface area contributed by atoms with Crippen molar-refractivity contribution in [1.29, 1.82) is 0 Å². The molecule has 2 rings (SSSR count). The molecule has 20 heavy (non-hydrogen) atoms. The van der Waals surface area contributed by atoms with E-state index in [1.807, 2.05) is 0 Å². The Balaban J connectivity index is 2.49. The quantitative estimate of drug-likeness (QED) is 0.542. The van der Waals surface area contributed by atoms with Crippen LogP contribution in [0.25, 0.3) is 0 Å². The highest BCUT2D eigenvalue weighted by molar-refractivity contribution is 9.10. The second kappa shape index (κ2) is 6.77. The second-order valence-electron chi connectivity index (χ2n) is 3.44. The van der Waals surface area contributed by atoms with E-state index in [1.165, 1.54) is 0 Å². The Hall–Kier alpha value is -1.52. The molecule has 0 spiro atoms. The minimum absolute atomic E-state index is 0.0994. The number of hydrogen-bond acceptors (Lipinski definition) is 2. The molecule has 0 bridgehead atoms. The number of halogens is 2. The molecule has 0 fully saturated rings. The summed E-state index contributed by atoms with van der Waals surface area (Å²) in [4.78, 5) is 24.7. The van der Waals surface area contributed by atoms with Crippen molar-refractivity contribution in [2.24, 2.45) is 0 Å². The van der Waals surface area contributed by atoms with E-state index in [0.717, 1.165) is 0 Å². The fourth-order valence-corrected chi connectivity index (χ4v) is 1.56. The lowest BCUT2D eigenvalue weighted by Gasteiger charge is -1.97. The van der Waals surface area contributed by atoms with Crippen molar-refractivity contribution in [1.82, 2.24) is 0 Å². The Labute approximate surface area is 145 Å². The van der Waals surface area contributed by atoms with Gasteiger partial charge in [-0.3, -0.25) is 9.59 Å². The van der Waals surface area contributed by atoms with E-state index in [-0.39, 0.29) is 8.95 Å². The topological polar surface area (TPSA) is 34.1 Å². The fraction of sp³-hybridized carbons (Fsp3) is 0. The molecule has 0 N–H and O–H groups in total. The third-order valence-electron chi connectivity index (χ3n) is 2.07. The summed E-state index contributed by atoms with van der Waals surface area (Å²) in [6, 6.07) is -4.11. The van der Waals surface area contributed by atoms with Crippen LogP contribution in [-0.2, 0) is 0 Å². The molecule has 100 valence electrons. The molecule has 0 aliphatic heterocycles. The smallest absolute Gasteiger partial charge is 0.185 e. The lowest BCUT2D eigenvalue weighted by atomic mass is 10.1. The Kier molecular flexibility index (Phi) is 2.53. The van der Waals surface area contributed by atoms with Crippen molar-refractivity contribution in [3.63, 3.8) is 0 Å². The summed E-state index contributed by atoms with van der Waals surface area (Å²) in [5.41, 5.74) is -1.06. The zero-order valence-electron chi connectivity index (χ0n) is 17.7. The van der Waals surface area contributed by atoms with Gasteiger partial charge in [-0.2, -0.15) is 0 Å². The van der Waals surface area contributed by atoms with Gasteiger partial charge in [-0.25, -0.2) is 0 Å². The van der Waals surface area contributed by atoms with E-state index in [0.29, 0.717) is 12.2 Å². The van der Waals surface area contributed by atoms with Crippen LogP contribution in [0.1, 0.15) is 31.7 Å². The first kappa shape index (κ1) is 7.48. The Morgan fingerprint density at radius 3 is 1.35 bits per heavy atom. The van der Waals surface area contributed by atoms with E-state index in [2.05, 4.69) is 31.9 Å². The molecule has 0 atom stereocenters. The third-order valence-corrected chi connectivity index (χ3v) is 2.86. The lowest BCUT2D eigenvalue weighted by Crippen LogP contribution is -1.98. The Bertz CT molecular complexity index is 924. The van der Waals surface area contributed by atoms with Crippen LogP contribution in [0.4, 0.5) is 0 Å². The maximum atomic E-state index is 12.4. The van der Waals surface area contributed by atoms with Gasteiger partial charge >= 0.3 is 0 Å². The molecule has 2 nitrogen and oxygen atoms in total. The van der Waals surface area contributed by atoms with Crippen molar-refractivity contribution in [2.75, 3.05) is 0 Å². The molecule has 0 heterocycles. The largest absolute Gasteiger partial charge is 0.289 e. The molecule has 0 aliphatic carbocycles. The number of ketones is 2. The average Bonchev–Trinajstić information content (AvgIpc) is 2.66. The van der Waals surface area contributed by atoms with E-state index < -0.39 is 71.0 Å². The van der Waals surface area contributed by atoms with Gasteiger partial charge in [-0.1, -0.05) is 31.9 Å². The van der Waals surface area contributed by atoms with Gasteiger partial charge in [-0.15, -0.1) is 0 Å². The molecule has 0 saturated heterocycles. The van der Waals surface area contributed by atoms with Crippen molar-refractivity contribution >= 4 is 43.4 Å². The number of carbonyl (C=O) groups is 2. The molecule has 0 aromatic heterocycles. The SMILES string of the molecule is [2H]c1c([2H])c(C(=O)/C=C/C(=O)c2c([2H])c([2H])c(Br)c([2H])c2[2H])c([2H])c([2H])c1Br. The number of hydrogen-bond donors (Lipinski definition) is 0. The lowest BCUT2D eigenvalue weighted by molar-refractivity contribution is 0.102. The summed E-state index contributed by atoms with van der Waals surface area (Å²) in [7, 11) is 0. The molecule has 0 radical (unpaired) electrons. The van der Waals surface area contributed by atoms with Gasteiger partial charge in [0.15, 0.2) is 11.6 Å². The van der Waals surface area contributed by atoms with Crippen molar-refractivity contribution in [3.05, 3.63) is 80.6 Å². The average molecular weight is 402 g/mol. The van der Waals surface area contributed by atoms with Crippen LogP contribution >= 0.6 is 31.9 Å². The molecular weight excluding hydrogens is 384 g/mol. The number of carbonyl (C=O) groups excluding carboxylic acids is 2. The fourth-order valence-electron chi connectivity index (χ4n) is 1.16. The first-order chi connectivity index (χ1) is 12.9. The number of benzene rings is 2. The summed E-state index contributed by atoms with van der Waals surface area (Å²) in [5.74, 6) is -1.93. The van der Waals surface area contributed by atoms with Gasteiger partial charge in [0.05, 0.1) is 11.0 Å². The maximum absolute atomic E-state index is 12.4. The summed E-state index contributed by atoms with van der Waals surface area (Å²) in [6.45, 7) is 0. The van der Waals surface area contributed by atoms with Gasteiger partial charge in [0, 0.05) is 20.1 Å². The summed E-state index contributed by atoms with van der Waals surface area (Å²) < 4.78 is 62.0. The Morgan fingerprint density at radius 1 is 0.750 bits per heavy atom. The molecule has 2 aromatic rings. The summed E-state index contributed by atoms with van der Waals surface area (Å²) >= 11 is 5.83. The van der Waals surface area contributed by atoms with Crippen molar-refractivity contribution < 1.29 is 20.6 Å². The molecule has 0 unspecified atom stereocenters. The van der Waals surface area contributed by atoms with Crippen LogP contribution in [0.5, 0.6) is 0 Å². The van der Waals surface area contributed by atoms with E-state index in [9.17, 15) is 9.59 Å². The van der Waals surface area contributed by atoms with E-state index >= 15 is 0 Å². The van der Waals surface area contributed by atoms with Gasteiger partial charge in [0.1, 0.15) is 0 Å². The van der Waals surface area contributed by atoms with Crippen LogP contribution in [0, 0.1) is 0 Å². The van der Waals surface area contributed by atoms with Crippen LogP contribution in [-0.4, -0.2) is 11.6 Å². The molecule has 0 aliphatic rings. The normalized spacial score (nSPS) is 16.3. The first-order valence-corrected chi connectivity index (χ1v) is 6.78. The maximum Gasteiger partial charge on any atom is 0.185 e. The van der Waals surface area contributed by atoms with Crippen LogP contribution in [0.2, 0.25) is 0 Å². The van der Waals surface area contributed by atoms with E-state index in [1.54, 1.807) is 0 Å². The van der Waals surface area contributed by atoms with Gasteiger partial charge in [0.2, 0.25) is 0 Å². The van der Waals surface area contributed by atoms with Crippen LogP contribution < -0.4 is 0 Å². The monoisotopic (exact) mass is 400 g/mol. The molecular formula is C16H10Br2O2. The highest BCUT2D eigenvalue weighted by Crippen LogP contribution is 2.13. The van der Waals surface area contributed by atoms with Gasteiger partial charge in [-0.05, 0) is 60.5 Å². The van der Waals surface area contributed by atoms with Crippen molar-refractivity contribution in [2.45, 2.75) is 0 Å². The minimum Gasteiger partial charge on any atom is -0.289 e. The Morgan fingerprint density at radius 2 is 1.05 bits per heavy atom. The minimum atomic E-state index is -0.967. The summed E-state index contributed by atoms with van der Waals surface area (Å²) in [6.07, 6.45) is 1.43. The molecule has 4 heteroatoms. The first-order valence-electron chi connectivity index (χ1n) is 9.20. The van der Waals surface area contributed by atoms with Crippen LogP contribution in [0.3, 0.4) is 0 Å². The molecule has 0 saturated carbocycles. The molecule has 2 aromatic carbocycles. The van der Waals surface area contributed by atoms with Gasteiger partial charge in [0.25, 0.3) is 0 Å². The zero-order valence-corrected chi connectivity index (χ0v) is 12.9. The zero-order chi connectivity index (χ0) is 21.5. The van der Waals surface area contributed by atoms with Crippen LogP contribution in [0.15, 0.2) is 69.4 Å². The summed E-state index contributed by atoms with van der Waals surface area (Å²) in [5, 5.41) is 0. The number of rotatable bonds is 4. The van der Waals surface area contributed by atoms with Gasteiger partial charge < -0.3 is 0 Å². The van der Waals surface area contributed by atoms with Crippen molar-refractivity contribution in [3.8, 4) is 0 Å². The predicted octanol–water partition coefficient (Wildman–Crippen LogP) is 4.83. The highest BCUT2D eigenvalue weighted by atomic mass is 79.9. The van der Waals surface area contributed by atoms with E-state index in [4.69, 9.17) is 11.0 Å².